The fourth-order valence-corrected chi connectivity index (χ4v) is 2.85. The largest absolute Gasteiger partial charge is 0.322 e. The average molecular weight is 324 g/mol. The second-order valence-corrected chi connectivity index (χ2v) is 6.53. The third-order valence-corrected chi connectivity index (χ3v) is 4.16. The zero-order valence-electron chi connectivity index (χ0n) is 15.2. The second kappa shape index (κ2) is 8.53. The first-order valence-electron chi connectivity index (χ1n) is 8.72. The van der Waals surface area contributed by atoms with Crippen molar-refractivity contribution in [2.75, 3.05) is 11.9 Å². The molecular formula is C21H28N2O. The molecule has 24 heavy (non-hydrogen) atoms. The van der Waals surface area contributed by atoms with Crippen molar-refractivity contribution in [3.05, 3.63) is 65.2 Å². The highest BCUT2D eigenvalue weighted by Crippen LogP contribution is 2.27. The van der Waals surface area contributed by atoms with Gasteiger partial charge in [0.05, 0.1) is 0 Å². The average Bonchev–Trinajstić information content (AvgIpc) is 2.57. The van der Waals surface area contributed by atoms with E-state index in [4.69, 9.17) is 0 Å². The Balaban J connectivity index is 2.19. The number of benzene rings is 2. The molecule has 0 unspecified atom stereocenters. The number of amides is 2. The summed E-state index contributed by atoms with van der Waals surface area (Å²) in [5.41, 5.74) is 4.38. The number of carbonyl (C=O) groups is 1. The summed E-state index contributed by atoms with van der Waals surface area (Å²) in [5, 5.41) is 3.15. The molecule has 1 N–H and O–H groups in total. The number of nitrogens with zero attached hydrogens (tertiary/aromatic N) is 1. The van der Waals surface area contributed by atoms with E-state index >= 15 is 0 Å². The molecule has 3 nitrogen and oxygen atoms in total. The smallest absolute Gasteiger partial charge is 0.320 e. The van der Waals surface area contributed by atoms with Crippen molar-refractivity contribution < 1.29 is 4.79 Å². The Labute approximate surface area is 145 Å². The van der Waals surface area contributed by atoms with Crippen molar-refractivity contribution in [3.63, 3.8) is 0 Å². The standard InChI is InChI=1S/C21H28N2O/c1-5-14-23(15-18-11-7-6-8-12-18)21(24)22-20-17(4)10-9-13-19(20)16(2)3/h6-13,16H,5,14-15H2,1-4H3,(H,22,24). The van der Waals surface area contributed by atoms with Gasteiger partial charge in [0, 0.05) is 18.8 Å². The molecule has 3 heteroatoms. The van der Waals surface area contributed by atoms with E-state index in [2.05, 4.69) is 44.3 Å². The minimum absolute atomic E-state index is 0.0306. The van der Waals surface area contributed by atoms with Gasteiger partial charge in [-0.05, 0) is 36.0 Å². The maximum atomic E-state index is 12.8. The SMILES string of the molecule is CCCN(Cc1ccccc1)C(=O)Nc1c(C)cccc1C(C)C. The van der Waals surface area contributed by atoms with Gasteiger partial charge in [0.25, 0.3) is 0 Å². The van der Waals surface area contributed by atoms with Crippen molar-refractivity contribution in [2.45, 2.75) is 46.6 Å². The molecule has 0 aromatic heterocycles. The summed E-state index contributed by atoms with van der Waals surface area (Å²) in [6, 6.07) is 16.3. The molecule has 0 saturated carbocycles. The fraction of sp³-hybridized carbons (Fsp3) is 0.381. The number of carbonyl (C=O) groups excluding carboxylic acids is 1. The second-order valence-electron chi connectivity index (χ2n) is 6.53. The first-order chi connectivity index (χ1) is 11.5. The maximum absolute atomic E-state index is 12.8. The van der Waals surface area contributed by atoms with Crippen LogP contribution in [0.3, 0.4) is 0 Å². The predicted octanol–water partition coefficient (Wildman–Crippen LogP) is 5.56. The van der Waals surface area contributed by atoms with Crippen LogP contribution < -0.4 is 5.32 Å². The van der Waals surface area contributed by atoms with E-state index in [9.17, 15) is 4.79 Å². The third kappa shape index (κ3) is 4.60. The van der Waals surface area contributed by atoms with Crippen LogP contribution in [0.15, 0.2) is 48.5 Å². The van der Waals surface area contributed by atoms with Crippen molar-refractivity contribution in [1.82, 2.24) is 4.90 Å². The number of hydrogen-bond donors (Lipinski definition) is 1. The summed E-state index contributed by atoms with van der Waals surface area (Å²) in [5.74, 6) is 0.369. The van der Waals surface area contributed by atoms with Gasteiger partial charge in [-0.1, -0.05) is 69.3 Å². The number of urea groups is 1. The van der Waals surface area contributed by atoms with Gasteiger partial charge in [-0.2, -0.15) is 0 Å². The van der Waals surface area contributed by atoms with Gasteiger partial charge in [-0.3, -0.25) is 0 Å². The Bertz CT molecular complexity index is 665. The van der Waals surface area contributed by atoms with E-state index in [-0.39, 0.29) is 6.03 Å². The lowest BCUT2D eigenvalue weighted by molar-refractivity contribution is 0.209. The molecule has 128 valence electrons. The lowest BCUT2D eigenvalue weighted by Crippen LogP contribution is -2.35. The molecule has 2 aromatic rings. The minimum atomic E-state index is -0.0306. The lowest BCUT2D eigenvalue weighted by atomic mass is 9.98. The summed E-state index contributed by atoms with van der Waals surface area (Å²) in [6.07, 6.45) is 0.936. The van der Waals surface area contributed by atoms with Crippen LogP contribution in [0.1, 0.15) is 49.8 Å². The first kappa shape index (κ1) is 18.1. The summed E-state index contributed by atoms with van der Waals surface area (Å²) in [4.78, 5) is 14.7. The van der Waals surface area contributed by atoms with Crippen molar-refractivity contribution in [1.29, 1.82) is 0 Å². The van der Waals surface area contributed by atoms with E-state index in [1.54, 1.807) is 0 Å². The molecule has 0 aliphatic rings. The number of anilines is 1. The first-order valence-corrected chi connectivity index (χ1v) is 8.72. The topological polar surface area (TPSA) is 32.3 Å². The molecule has 0 aliphatic heterocycles. The maximum Gasteiger partial charge on any atom is 0.322 e. The third-order valence-electron chi connectivity index (χ3n) is 4.16. The number of hydrogen-bond acceptors (Lipinski definition) is 1. The molecule has 0 fully saturated rings. The molecule has 2 rings (SSSR count). The van der Waals surface area contributed by atoms with E-state index in [0.717, 1.165) is 29.8 Å². The number of rotatable bonds is 6. The van der Waals surface area contributed by atoms with Crippen molar-refractivity contribution in [2.24, 2.45) is 0 Å². The van der Waals surface area contributed by atoms with Gasteiger partial charge in [0.2, 0.25) is 0 Å². The zero-order chi connectivity index (χ0) is 17.5. The van der Waals surface area contributed by atoms with Crippen LogP contribution in [0, 0.1) is 6.92 Å². The van der Waals surface area contributed by atoms with E-state index < -0.39 is 0 Å². The summed E-state index contributed by atoms with van der Waals surface area (Å²) in [7, 11) is 0. The van der Waals surface area contributed by atoms with Crippen LogP contribution in [0.2, 0.25) is 0 Å². The highest BCUT2D eigenvalue weighted by atomic mass is 16.2. The normalized spacial score (nSPS) is 10.7. The van der Waals surface area contributed by atoms with Crippen LogP contribution >= 0.6 is 0 Å². The number of aryl methyl sites for hydroxylation is 1. The van der Waals surface area contributed by atoms with Crippen molar-refractivity contribution >= 4 is 11.7 Å². The van der Waals surface area contributed by atoms with E-state index in [1.165, 1.54) is 5.56 Å². The van der Waals surface area contributed by atoms with Crippen LogP contribution in [-0.4, -0.2) is 17.5 Å². The van der Waals surface area contributed by atoms with Gasteiger partial charge in [0.1, 0.15) is 0 Å². The highest BCUT2D eigenvalue weighted by Gasteiger charge is 2.17. The molecule has 0 atom stereocenters. The van der Waals surface area contributed by atoms with Crippen LogP contribution in [0.5, 0.6) is 0 Å². The Morgan fingerprint density at radius 3 is 2.42 bits per heavy atom. The zero-order valence-corrected chi connectivity index (χ0v) is 15.2. The molecule has 0 saturated heterocycles. The Hall–Kier alpha value is -2.29. The predicted molar refractivity (Wildman–Crippen MR) is 101 cm³/mol. The number of nitrogens with one attached hydrogen (secondary N) is 1. The molecular weight excluding hydrogens is 296 g/mol. The molecule has 0 radical (unpaired) electrons. The molecule has 2 amide bonds. The van der Waals surface area contributed by atoms with Crippen LogP contribution in [-0.2, 0) is 6.54 Å². The minimum Gasteiger partial charge on any atom is -0.320 e. The molecule has 0 heterocycles. The van der Waals surface area contributed by atoms with Crippen LogP contribution in [0.4, 0.5) is 10.5 Å². The molecule has 0 bridgehead atoms. The quantitative estimate of drug-likeness (QED) is 0.741. The highest BCUT2D eigenvalue weighted by molar-refractivity contribution is 5.91. The van der Waals surface area contributed by atoms with E-state index in [1.807, 2.05) is 42.2 Å². The Morgan fingerprint density at radius 2 is 1.79 bits per heavy atom. The summed E-state index contributed by atoms with van der Waals surface area (Å²) in [6.45, 7) is 9.81. The Morgan fingerprint density at radius 1 is 1.08 bits per heavy atom. The van der Waals surface area contributed by atoms with E-state index in [0.29, 0.717) is 12.5 Å². The number of para-hydroxylation sites is 1. The summed E-state index contributed by atoms with van der Waals surface area (Å²) < 4.78 is 0. The van der Waals surface area contributed by atoms with Gasteiger partial charge in [0.15, 0.2) is 0 Å². The van der Waals surface area contributed by atoms with Gasteiger partial charge >= 0.3 is 6.03 Å². The fourth-order valence-electron chi connectivity index (χ4n) is 2.85. The summed E-state index contributed by atoms with van der Waals surface area (Å²) >= 11 is 0. The van der Waals surface area contributed by atoms with Crippen molar-refractivity contribution in [3.8, 4) is 0 Å². The van der Waals surface area contributed by atoms with Gasteiger partial charge in [-0.15, -0.1) is 0 Å². The molecule has 0 spiro atoms. The van der Waals surface area contributed by atoms with Gasteiger partial charge in [-0.25, -0.2) is 4.79 Å². The van der Waals surface area contributed by atoms with Crippen LogP contribution in [0.25, 0.3) is 0 Å². The lowest BCUT2D eigenvalue weighted by Gasteiger charge is -2.25. The molecule has 0 aliphatic carbocycles. The van der Waals surface area contributed by atoms with Gasteiger partial charge < -0.3 is 10.2 Å². The monoisotopic (exact) mass is 324 g/mol. The Kier molecular flexibility index (Phi) is 6.42. The molecule has 2 aromatic carbocycles.